The van der Waals surface area contributed by atoms with E-state index in [1.165, 1.54) is 18.2 Å². The Bertz CT molecular complexity index is 369. The van der Waals surface area contributed by atoms with Crippen molar-refractivity contribution in [2.24, 2.45) is 0 Å². The molecule has 2 rings (SSSR count). The molecule has 1 aromatic carbocycles. The van der Waals surface area contributed by atoms with Crippen LogP contribution in [-0.2, 0) is 4.74 Å². The first-order valence-electron chi connectivity index (χ1n) is 5.17. The molecule has 16 heavy (non-hydrogen) atoms. The largest absolute Gasteiger partial charge is 0.490 e. The molecule has 1 fully saturated rings. The predicted octanol–water partition coefficient (Wildman–Crippen LogP) is -0.658. The Morgan fingerprint density at radius 3 is 2.56 bits per heavy atom. The van der Waals surface area contributed by atoms with Crippen molar-refractivity contribution in [3.05, 3.63) is 24.0 Å². The summed E-state index contributed by atoms with van der Waals surface area (Å²) in [6, 6.07) is 4.29. The van der Waals surface area contributed by atoms with Gasteiger partial charge in [0.25, 0.3) is 0 Å². The van der Waals surface area contributed by atoms with E-state index < -0.39 is 12.9 Å². The van der Waals surface area contributed by atoms with E-state index in [1.54, 1.807) is 4.90 Å². The third-order valence-corrected chi connectivity index (χ3v) is 2.62. The number of morpholine rings is 1. The van der Waals surface area contributed by atoms with Crippen molar-refractivity contribution in [1.82, 2.24) is 0 Å². The van der Waals surface area contributed by atoms with E-state index in [4.69, 9.17) is 4.74 Å². The maximum absolute atomic E-state index is 13.7. The molecule has 0 unspecified atom stereocenters. The minimum Gasteiger partial charge on any atom is -0.423 e. The highest BCUT2D eigenvalue weighted by Gasteiger charge is 2.24. The first-order valence-corrected chi connectivity index (χ1v) is 5.17. The molecule has 0 radical (unpaired) electrons. The number of ether oxygens (including phenoxy) is 1. The zero-order valence-electron chi connectivity index (χ0n) is 8.77. The number of hydrogen-bond donors (Lipinski definition) is 2. The zero-order chi connectivity index (χ0) is 11.5. The van der Waals surface area contributed by atoms with Gasteiger partial charge in [0.2, 0.25) is 0 Å². The number of anilines is 1. The van der Waals surface area contributed by atoms with E-state index >= 15 is 0 Å². The van der Waals surface area contributed by atoms with Crippen LogP contribution in [0.2, 0.25) is 0 Å². The van der Waals surface area contributed by atoms with E-state index in [2.05, 4.69) is 0 Å². The van der Waals surface area contributed by atoms with Crippen LogP contribution in [0.25, 0.3) is 0 Å². The fraction of sp³-hybridized carbons (Fsp3) is 0.400. The lowest BCUT2D eigenvalue weighted by molar-refractivity contribution is 0.122. The summed E-state index contributed by atoms with van der Waals surface area (Å²) in [6.07, 6.45) is 0. The first kappa shape index (κ1) is 11.4. The summed E-state index contributed by atoms with van der Waals surface area (Å²) < 4.78 is 18.9. The maximum Gasteiger partial charge on any atom is 0.490 e. The molecule has 0 amide bonds. The van der Waals surface area contributed by atoms with E-state index in [0.29, 0.717) is 26.3 Å². The highest BCUT2D eigenvalue weighted by Crippen LogP contribution is 2.18. The lowest BCUT2D eigenvalue weighted by Gasteiger charge is -2.30. The van der Waals surface area contributed by atoms with Crippen LogP contribution in [0.1, 0.15) is 0 Å². The van der Waals surface area contributed by atoms with Crippen molar-refractivity contribution in [2.45, 2.75) is 0 Å². The van der Waals surface area contributed by atoms with Crippen molar-refractivity contribution in [2.75, 3.05) is 31.2 Å². The van der Waals surface area contributed by atoms with Crippen LogP contribution < -0.4 is 10.4 Å². The molecule has 86 valence electrons. The minimum atomic E-state index is -1.66. The van der Waals surface area contributed by atoms with Gasteiger partial charge in [0.05, 0.1) is 18.9 Å². The van der Waals surface area contributed by atoms with Gasteiger partial charge in [0.15, 0.2) is 0 Å². The fourth-order valence-corrected chi connectivity index (χ4v) is 1.86. The van der Waals surface area contributed by atoms with Crippen molar-refractivity contribution in [3.63, 3.8) is 0 Å². The minimum absolute atomic E-state index is 0.196. The quantitative estimate of drug-likeness (QED) is 0.656. The third-order valence-electron chi connectivity index (χ3n) is 2.62. The van der Waals surface area contributed by atoms with Crippen LogP contribution in [0.4, 0.5) is 10.1 Å². The van der Waals surface area contributed by atoms with E-state index in [0.717, 1.165) is 0 Å². The molecule has 4 nitrogen and oxygen atoms in total. The second-order valence-electron chi connectivity index (χ2n) is 3.65. The van der Waals surface area contributed by atoms with E-state index in [-0.39, 0.29) is 11.2 Å². The number of halogens is 1. The number of benzene rings is 1. The number of hydrogen-bond acceptors (Lipinski definition) is 4. The van der Waals surface area contributed by atoms with Gasteiger partial charge < -0.3 is 19.7 Å². The topological polar surface area (TPSA) is 52.9 Å². The van der Waals surface area contributed by atoms with Gasteiger partial charge in [-0.05, 0) is 6.07 Å². The summed E-state index contributed by atoms with van der Waals surface area (Å²) in [4.78, 5) is 1.77. The van der Waals surface area contributed by atoms with Crippen molar-refractivity contribution in [1.29, 1.82) is 0 Å². The number of nitrogens with zero attached hydrogens (tertiary/aromatic N) is 1. The van der Waals surface area contributed by atoms with Crippen LogP contribution in [0, 0.1) is 5.82 Å². The van der Waals surface area contributed by atoms with Crippen molar-refractivity contribution in [3.8, 4) is 0 Å². The fourth-order valence-electron chi connectivity index (χ4n) is 1.86. The zero-order valence-corrected chi connectivity index (χ0v) is 8.77. The normalized spacial score (nSPS) is 16.3. The van der Waals surface area contributed by atoms with Gasteiger partial charge >= 0.3 is 7.12 Å². The summed E-state index contributed by atoms with van der Waals surface area (Å²) in [5.41, 5.74) is 0.461. The standard InChI is InChI=1S/C10H13BFNO3/c12-9-3-1-2-8(11(14)15)10(9)13-4-6-16-7-5-13/h1-3,14-15H,4-7H2. The number of rotatable bonds is 2. The lowest BCUT2D eigenvalue weighted by atomic mass is 9.78. The number of para-hydroxylation sites is 1. The van der Waals surface area contributed by atoms with Crippen LogP contribution in [0.5, 0.6) is 0 Å². The van der Waals surface area contributed by atoms with Crippen molar-refractivity contribution < 1.29 is 19.2 Å². The van der Waals surface area contributed by atoms with Crippen LogP contribution in [0.15, 0.2) is 18.2 Å². The average molecular weight is 225 g/mol. The molecule has 2 N–H and O–H groups in total. The molecule has 0 saturated carbocycles. The predicted molar refractivity (Wildman–Crippen MR) is 59.3 cm³/mol. The molecule has 0 aromatic heterocycles. The molecule has 1 heterocycles. The molecule has 1 saturated heterocycles. The first-order chi connectivity index (χ1) is 7.70. The van der Waals surface area contributed by atoms with Crippen LogP contribution in [-0.4, -0.2) is 43.5 Å². The van der Waals surface area contributed by atoms with E-state index in [9.17, 15) is 14.4 Å². The van der Waals surface area contributed by atoms with Gasteiger partial charge in [0, 0.05) is 18.6 Å². The second kappa shape index (κ2) is 4.82. The Balaban J connectivity index is 2.36. The van der Waals surface area contributed by atoms with Gasteiger partial charge in [-0.25, -0.2) is 4.39 Å². The molecule has 1 aliphatic rings. The lowest BCUT2D eigenvalue weighted by Crippen LogP contribution is -2.43. The monoisotopic (exact) mass is 225 g/mol. The Kier molecular flexibility index (Phi) is 3.43. The maximum atomic E-state index is 13.7. The molecule has 0 spiro atoms. The van der Waals surface area contributed by atoms with Crippen molar-refractivity contribution >= 4 is 18.3 Å². The smallest absolute Gasteiger partial charge is 0.423 e. The highest BCUT2D eigenvalue weighted by molar-refractivity contribution is 6.60. The Labute approximate surface area is 93.4 Å². The van der Waals surface area contributed by atoms with Gasteiger partial charge in [-0.2, -0.15) is 0 Å². The molecule has 1 aliphatic heterocycles. The molecular weight excluding hydrogens is 212 g/mol. The molecule has 0 bridgehead atoms. The molecular formula is C10H13BFNO3. The summed E-state index contributed by atoms with van der Waals surface area (Å²) in [5, 5.41) is 18.4. The highest BCUT2D eigenvalue weighted by atomic mass is 19.1. The van der Waals surface area contributed by atoms with Crippen LogP contribution in [0.3, 0.4) is 0 Å². The van der Waals surface area contributed by atoms with E-state index in [1.807, 2.05) is 0 Å². The summed E-state index contributed by atoms with van der Waals surface area (Å²) in [5.74, 6) is -0.438. The summed E-state index contributed by atoms with van der Waals surface area (Å²) in [7, 11) is -1.66. The average Bonchev–Trinajstić information content (AvgIpc) is 2.29. The molecule has 0 aliphatic carbocycles. The molecule has 6 heteroatoms. The Hall–Kier alpha value is -1.11. The SMILES string of the molecule is OB(O)c1cccc(F)c1N1CCOCC1. The Morgan fingerprint density at radius 2 is 1.94 bits per heavy atom. The van der Waals surface area contributed by atoms with Gasteiger partial charge in [-0.1, -0.05) is 12.1 Å². The molecule has 0 atom stereocenters. The Morgan fingerprint density at radius 1 is 1.25 bits per heavy atom. The van der Waals surface area contributed by atoms with Crippen LogP contribution >= 0.6 is 0 Å². The second-order valence-corrected chi connectivity index (χ2v) is 3.65. The van der Waals surface area contributed by atoms with Gasteiger partial charge in [-0.3, -0.25) is 0 Å². The van der Waals surface area contributed by atoms with Gasteiger partial charge in [-0.15, -0.1) is 0 Å². The molecule has 1 aromatic rings. The summed E-state index contributed by atoms with van der Waals surface area (Å²) >= 11 is 0. The van der Waals surface area contributed by atoms with Gasteiger partial charge in [0.1, 0.15) is 5.82 Å². The summed E-state index contributed by atoms with van der Waals surface area (Å²) in [6.45, 7) is 2.16. The third kappa shape index (κ3) is 2.19.